The van der Waals surface area contributed by atoms with E-state index in [1.54, 1.807) is 0 Å². The Morgan fingerprint density at radius 1 is 1.29 bits per heavy atom. The Balaban J connectivity index is 2.03. The van der Waals surface area contributed by atoms with Gasteiger partial charge < -0.3 is 20.8 Å². The molecule has 21 heavy (non-hydrogen) atoms. The number of nitrogens with one attached hydrogen (secondary N) is 2. The van der Waals surface area contributed by atoms with E-state index < -0.39 is 12.0 Å². The Hall–Kier alpha value is -2.06. The summed E-state index contributed by atoms with van der Waals surface area (Å²) in [6.07, 6.45) is 0. The van der Waals surface area contributed by atoms with Crippen molar-refractivity contribution in [2.45, 2.75) is 6.54 Å². The van der Waals surface area contributed by atoms with Crippen LogP contribution < -0.4 is 10.6 Å². The van der Waals surface area contributed by atoms with Crippen molar-refractivity contribution in [3.05, 3.63) is 44.6 Å². The maximum absolute atomic E-state index is 11.8. The fourth-order valence-electron chi connectivity index (χ4n) is 1.60. The van der Waals surface area contributed by atoms with Crippen molar-refractivity contribution in [3.8, 4) is 5.75 Å². The lowest BCUT2D eigenvalue weighted by molar-refractivity contribution is 0.0697. The van der Waals surface area contributed by atoms with Gasteiger partial charge in [-0.2, -0.15) is 0 Å². The number of aromatic hydroxyl groups is 1. The van der Waals surface area contributed by atoms with Crippen LogP contribution in [-0.2, 0) is 6.54 Å². The van der Waals surface area contributed by atoms with Crippen molar-refractivity contribution < 1.29 is 19.8 Å². The fourth-order valence-corrected chi connectivity index (χ4v) is 3.03. The van der Waals surface area contributed by atoms with E-state index in [0.29, 0.717) is 6.54 Å². The van der Waals surface area contributed by atoms with Crippen LogP contribution in [0.1, 0.15) is 15.2 Å². The molecule has 0 saturated heterocycles. The number of phenols is 1. The molecule has 0 aliphatic rings. The molecule has 2 rings (SSSR count). The summed E-state index contributed by atoms with van der Waals surface area (Å²) in [6, 6.07) is 5.07. The van der Waals surface area contributed by atoms with E-state index in [-0.39, 0.29) is 17.0 Å². The smallest absolute Gasteiger partial charge is 0.337 e. The van der Waals surface area contributed by atoms with E-state index in [1.165, 1.54) is 23.5 Å². The molecule has 0 unspecified atom stereocenters. The van der Waals surface area contributed by atoms with Crippen LogP contribution in [0.5, 0.6) is 5.75 Å². The molecule has 0 atom stereocenters. The van der Waals surface area contributed by atoms with Crippen LogP contribution in [0.25, 0.3) is 0 Å². The quantitative estimate of drug-likeness (QED) is 0.620. The third kappa shape index (κ3) is 3.96. The van der Waals surface area contributed by atoms with Gasteiger partial charge in [0.2, 0.25) is 0 Å². The predicted octanol–water partition coefficient (Wildman–Crippen LogP) is 3.24. The number of phenolic OH excluding ortho intramolecular Hbond substituents is 1. The van der Waals surface area contributed by atoms with Crippen molar-refractivity contribution >= 4 is 45.0 Å². The lowest BCUT2D eigenvalue weighted by atomic mass is 10.1. The van der Waals surface area contributed by atoms with Gasteiger partial charge in [0, 0.05) is 9.35 Å². The van der Waals surface area contributed by atoms with Crippen LogP contribution in [0.3, 0.4) is 0 Å². The Morgan fingerprint density at radius 3 is 2.67 bits per heavy atom. The molecule has 0 spiro atoms. The van der Waals surface area contributed by atoms with Crippen LogP contribution in [0.15, 0.2) is 34.1 Å². The average Bonchev–Trinajstić information content (AvgIpc) is 2.84. The number of carbonyl (C=O) groups is 2. The fraction of sp³-hybridized carbons (Fsp3) is 0.0769. The van der Waals surface area contributed by atoms with E-state index >= 15 is 0 Å². The number of carboxylic acids is 1. The maximum Gasteiger partial charge on any atom is 0.337 e. The topological polar surface area (TPSA) is 98.7 Å². The van der Waals surface area contributed by atoms with E-state index in [0.717, 1.165) is 15.4 Å². The molecule has 0 bridgehead atoms. The zero-order valence-corrected chi connectivity index (χ0v) is 13.0. The average molecular weight is 371 g/mol. The van der Waals surface area contributed by atoms with E-state index in [2.05, 4.69) is 26.6 Å². The number of thiophene rings is 1. The Bertz CT molecular complexity index is 687. The minimum atomic E-state index is -1.23. The number of carboxylic acid groups (broad SMARTS) is 1. The molecule has 4 N–H and O–H groups in total. The number of urea groups is 1. The molecule has 1 heterocycles. The van der Waals surface area contributed by atoms with Crippen LogP contribution in [0, 0.1) is 0 Å². The molecular formula is C13H11BrN2O4S. The standard InChI is InChI=1S/C13H11BrN2O4S/c14-9-3-4-21-11(9)6-15-13(20)16-10-2-1-7(17)5-8(10)12(18)19/h1-5,17H,6H2,(H,18,19)(H2,15,16,20). The summed E-state index contributed by atoms with van der Waals surface area (Å²) in [4.78, 5) is 23.8. The summed E-state index contributed by atoms with van der Waals surface area (Å²) in [5, 5.41) is 25.3. The zero-order valence-electron chi connectivity index (χ0n) is 10.6. The first kappa shape index (κ1) is 15.3. The van der Waals surface area contributed by atoms with E-state index in [4.69, 9.17) is 5.11 Å². The highest BCUT2D eigenvalue weighted by atomic mass is 79.9. The second kappa shape index (κ2) is 6.59. The summed E-state index contributed by atoms with van der Waals surface area (Å²) in [6.45, 7) is 0.324. The number of halogens is 1. The first-order chi connectivity index (χ1) is 9.97. The van der Waals surface area contributed by atoms with Gasteiger partial charge in [-0.3, -0.25) is 0 Å². The summed E-state index contributed by atoms with van der Waals surface area (Å²) >= 11 is 4.85. The number of aromatic carboxylic acids is 1. The van der Waals surface area contributed by atoms with Gasteiger partial charge in [0.15, 0.2) is 0 Å². The van der Waals surface area contributed by atoms with Gasteiger partial charge in [0.25, 0.3) is 0 Å². The second-order valence-electron chi connectivity index (χ2n) is 4.03. The third-order valence-electron chi connectivity index (χ3n) is 2.58. The maximum atomic E-state index is 11.8. The van der Waals surface area contributed by atoms with Gasteiger partial charge in [-0.05, 0) is 45.6 Å². The molecule has 0 aliphatic carbocycles. The molecule has 0 aliphatic heterocycles. The second-order valence-corrected chi connectivity index (χ2v) is 5.89. The molecule has 8 heteroatoms. The van der Waals surface area contributed by atoms with Gasteiger partial charge in [0.1, 0.15) is 5.75 Å². The molecule has 1 aromatic heterocycles. The van der Waals surface area contributed by atoms with Crippen molar-refractivity contribution in [2.75, 3.05) is 5.32 Å². The molecule has 0 saturated carbocycles. The normalized spacial score (nSPS) is 10.1. The van der Waals surface area contributed by atoms with Crippen LogP contribution >= 0.6 is 27.3 Å². The minimum Gasteiger partial charge on any atom is -0.508 e. The molecule has 1 aromatic carbocycles. The first-order valence-electron chi connectivity index (χ1n) is 5.80. The Labute approximate surface area is 132 Å². The molecule has 0 fully saturated rings. The lowest BCUT2D eigenvalue weighted by Gasteiger charge is -2.10. The van der Waals surface area contributed by atoms with Crippen molar-refractivity contribution in [2.24, 2.45) is 0 Å². The number of anilines is 1. The number of hydrogen-bond donors (Lipinski definition) is 4. The highest BCUT2D eigenvalue weighted by Crippen LogP contribution is 2.23. The number of hydrogen-bond acceptors (Lipinski definition) is 4. The van der Waals surface area contributed by atoms with Gasteiger partial charge in [-0.15, -0.1) is 11.3 Å². The molecule has 6 nitrogen and oxygen atoms in total. The minimum absolute atomic E-state index is 0.114. The molecule has 2 aromatic rings. The molecule has 0 radical (unpaired) electrons. The predicted molar refractivity (Wildman–Crippen MR) is 82.9 cm³/mol. The Morgan fingerprint density at radius 2 is 2.05 bits per heavy atom. The van der Waals surface area contributed by atoms with Crippen LogP contribution in [0.2, 0.25) is 0 Å². The van der Waals surface area contributed by atoms with Gasteiger partial charge in [0.05, 0.1) is 17.8 Å². The lowest BCUT2D eigenvalue weighted by Crippen LogP contribution is -2.28. The number of amides is 2. The van der Waals surface area contributed by atoms with Crippen molar-refractivity contribution in [3.63, 3.8) is 0 Å². The highest BCUT2D eigenvalue weighted by Gasteiger charge is 2.13. The van der Waals surface area contributed by atoms with Crippen molar-refractivity contribution in [1.82, 2.24) is 5.32 Å². The summed E-state index contributed by atoms with van der Waals surface area (Å²) in [7, 11) is 0. The van der Waals surface area contributed by atoms with Crippen LogP contribution in [-0.4, -0.2) is 22.2 Å². The van der Waals surface area contributed by atoms with Crippen LogP contribution in [0.4, 0.5) is 10.5 Å². The zero-order chi connectivity index (χ0) is 15.4. The molecular weight excluding hydrogens is 360 g/mol. The number of carbonyl (C=O) groups excluding carboxylic acids is 1. The third-order valence-corrected chi connectivity index (χ3v) is 4.51. The van der Waals surface area contributed by atoms with Gasteiger partial charge in [-0.25, -0.2) is 9.59 Å². The molecule has 110 valence electrons. The largest absolute Gasteiger partial charge is 0.508 e. The monoisotopic (exact) mass is 370 g/mol. The SMILES string of the molecule is O=C(NCc1sccc1Br)Nc1ccc(O)cc1C(=O)O. The summed E-state index contributed by atoms with van der Waals surface area (Å²) < 4.78 is 0.906. The molecule has 2 amide bonds. The first-order valence-corrected chi connectivity index (χ1v) is 7.47. The van der Waals surface area contributed by atoms with E-state index in [1.807, 2.05) is 11.4 Å². The number of rotatable bonds is 4. The number of benzene rings is 1. The Kier molecular flexibility index (Phi) is 4.81. The highest BCUT2D eigenvalue weighted by molar-refractivity contribution is 9.10. The van der Waals surface area contributed by atoms with Gasteiger partial charge in [-0.1, -0.05) is 0 Å². The van der Waals surface area contributed by atoms with E-state index in [9.17, 15) is 14.7 Å². The van der Waals surface area contributed by atoms with Crippen molar-refractivity contribution in [1.29, 1.82) is 0 Å². The summed E-state index contributed by atoms with van der Waals surface area (Å²) in [5.41, 5.74) is -0.0644. The summed E-state index contributed by atoms with van der Waals surface area (Å²) in [5.74, 6) is -1.41. The van der Waals surface area contributed by atoms with Gasteiger partial charge >= 0.3 is 12.0 Å².